The fourth-order valence-electron chi connectivity index (χ4n) is 5.77. The van der Waals surface area contributed by atoms with Crippen LogP contribution in [0, 0.1) is 116 Å². The summed E-state index contributed by atoms with van der Waals surface area (Å²) >= 11 is 4.95. The van der Waals surface area contributed by atoms with Crippen LogP contribution in [0.15, 0.2) is 45.8 Å². The Morgan fingerprint density at radius 1 is 0.379 bits per heavy atom. The standard InChI is InChI=1S/C24BF20.C9H7BrNOS/c26-5-1(6(27)14(35)21(42)13(5)34)25(2-7(28)15(36)22(43)16(37)8(2)29,3-9(30)17(38)23(44)18(39)10(3)31)4-11(32)19(40)24(45)20(41)12(4)33;10-8-1-3-9(4-2-8)12-11-5-6-13-7-11/h;1-7H/q-1;+1. The zero-order chi connectivity index (χ0) is 43.5. The van der Waals surface area contributed by atoms with Crippen LogP contribution in [0.4, 0.5) is 87.8 Å². The van der Waals surface area contributed by atoms with Crippen molar-refractivity contribution in [3.63, 3.8) is 0 Å². The van der Waals surface area contributed by atoms with Gasteiger partial charge in [0.25, 0.3) is 5.51 Å². The van der Waals surface area contributed by atoms with Crippen molar-refractivity contribution in [2.24, 2.45) is 0 Å². The highest BCUT2D eigenvalue weighted by molar-refractivity contribution is 9.10. The molecule has 0 saturated carbocycles. The predicted molar refractivity (Wildman–Crippen MR) is 164 cm³/mol. The maximum absolute atomic E-state index is 15.4. The minimum absolute atomic E-state index is 0.826. The monoisotopic (exact) mass is 935 g/mol. The molecule has 0 aliphatic heterocycles. The molecule has 0 amide bonds. The van der Waals surface area contributed by atoms with Crippen LogP contribution in [0.5, 0.6) is 5.75 Å². The Bertz CT molecular complexity index is 2230. The molecular weight excluding hydrogens is 929 g/mol. The molecule has 1 aromatic heterocycles. The fraction of sp³-hybridized carbons (Fsp3) is 0. The van der Waals surface area contributed by atoms with Crippen molar-refractivity contribution in [1.29, 1.82) is 0 Å². The summed E-state index contributed by atoms with van der Waals surface area (Å²) in [5, 5.41) is 1.96. The quantitative estimate of drug-likeness (QED) is 0.0538. The minimum atomic E-state index is -7.22. The highest BCUT2D eigenvalue weighted by Gasteiger charge is 2.52. The number of aromatic nitrogens is 1. The van der Waals surface area contributed by atoms with Gasteiger partial charge in [-0.25, -0.2) is 92.6 Å². The lowest BCUT2D eigenvalue weighted by Gasteiger charge is -2.44. The highest BCUT2D eigenvalue weighted by Crippen LogP contribution is 2.30. The summed E-state index contributed by atoms with van der Waals surface area (Å²) in [6.45, 7) is 0. The van der Waals surface area contributed by atoms with Gasteiger partial charge in [0.05, 0.1) is 5.38 Å². The number of nitrogens with zero attached hydrogens (tertiary/aromatic N) is 1. The normalized spacial score (nSPS) is 11.5. The number of benzene rings is 5. The average Bonchev–Trinajstić information content (AvgIpc) is 3.72. The lowest BCUT2D eigenvalue weighted by molar-refractivity contribution is -0.871. The third kappa shape index (κ3) is 6.79. The van der Waals surface area contributed by atoms with Gasteiger partial charge in [-0.1, -0.05) is 27.3 Å². The number of rotatable bonds is 6. The van der Waals surface area contributed by atoms with Crippen molar-refractivity contribution in [3.8, 4) is 5.75 Å². The molecule has 0 spiro atoms. The van der Waals surface area contributed by atoms with E-state index in [1.165, 1.54) is 0 Å². The van der Waals surface area contributed by atoms with Crippen LogP contribution in [0.25, 0.3) is 0 Å². The van der Waals surface area contributed by atoms with Gasteiger partial charge < -0.3 is 0 Å². The molecule has 2 nitrogen and oxygen atoms in total. The number of hydrogen-bond donors (Lipinski definition) is 0. The number of hydrogen-bond acceptors (Lipinski definition) is 2. The van der Waals surface area contributed by atoms with Crippen molar-refractivity contribution < 1.29 is 97.4 Å². The summed E-state index contributed by atoms with van der Waals surface area (Å²) in [7, 11) is 0. The maximum Gasteiger partial charge on any atom is 0.277 e. The molecule has 306 valence electrons. The molecule has 0 aliphatic carbocycles. The molecule has 1 heterocycles. The molecule has 0 bridgehead atoms. The minimum Gasteiger partial charge on any atom is -0.231 e. The molecule has 0 N–H and O–H groups in total. The smallest absolute Gasteiger partial charge is 0.231 e. The first kappa shape index (κ1) is 43.8. The van der Waals surface area contributed by atoms with Crippen molar-refractivity contribution >= 4 is 55.3 Å². The highest BCUT2D eigenvalue weighted by atomic mass is 79.9. The van der Waals surface area contributed by atoms with Crippen molar-refractivity contribution in [1.82, 2.24) is 0 Å². The molecule has 6 rings (SSSR count). The van der Waals surface area contributed by atoms with Crippen molar-refractivity contribution in [2.75, 3.05) is 0 Å². The summed E-state index contributed by atoms with van der Waals surface area (Å²) in [5.74, 6) is -70.6. The van der Waals surface area contributed by atoms with Gasteiger partial charge in [-0.15, -0.1) is 21.9 Å². The molecule has 25 heteroatoms. The molecule has 6 aromatic rings. The molecule has 0 unspecified atom stereocenters. The Labute approximate surface area is 320 Å². The Morgan fingerprint density at radius 3 is 0.845 bits per heavy atom. The van der Waals surface area contributed by atoms with Gasteiger partial charge in [-0.2, -0.15) is 0 Å². The molecule has 5 aromatic carbocycles. The van der Waals surface area contributed by atoms with Gasteiger partial charge in [0.1, 0.15) is 52.7 Å². The van der Waals surface area contributed by atoms with E-state index in [2.05, 4.69) is 15.9 Å². The second kappa shape index (κ2) is 16.1. The van der Waals surface area contributed by atoms with Crippen LogP contribution < -0.4 is 31.4 Å². The van der Waals surface area contributed by atoms with E-state index in [0.29, 0.717) is 0 Å². The first-order valence-corrected chi connectivity index (χ1v) is 16.4. The van der Waals surface area contributed by atoms with E-state index in [9.17, 15) is 52.7 Å². The maximum atomic E-state index is 15.4. The zero-order valence-electron chi connectivity index (χ0n) is 26.8. The van der Waals surface area contributed by atoms with E-state index in [4.69, 9.17) is 4.84 Å². The summed E-state index contributed by atoms with van der Waals surface area (Å²) in [5.41, 5.74) is -12.4. The fourth-order valence-corrected chi connectivity index (χ4v) is 6.53. The number of halogens is 21. The molecule has 0 fully saturated rings. The lowest BCUT2D eigenvalue weighted by Crippen LogP contribution is -2.81. The van der Waals surface area contributed by atoms with E-state index in [0.717, 1.165) is 10.2 Å². The largest absolute Gasteiger partial charge is 0.277 e. The van der Waals surface area contributed by atoms with Crippen LogP contribution in [0.1, 0.15) is 0 Å². The van der Waals surface area contributed by atoms with Crippen LogP contribution in [-0.2, 0) is 0 Å². The van der Waals surface area contributed by atoms with Crippen molar-refractivity contribution in [3.05, 3.63) is 162 Å². The molecule has 58 heavy (non-hydrogen) atoms. The second-order valence-electron chi connectivity index (χ2n) is 11.2. The zero-order valence-corrected chi connectivity index (χ0v) is 29.2. The van der Waals surface area contributed by atoms with Gasteiger partial charge in [0.2, 0.25) is 11.9 Å². The molecule has 0 atom stereocenters. The average molecular weight is 936 g/mol. The second-order valence-corrected chi connectivity index (χ2v) is 12.9. The Balaban J connectivity index is 0.000000414. The number of thiazole rings is 1. The molecular formula is C33H7BBrF20NOS. The van der Waals surface area contributed by atoms with Gasteiger partial charge >= 0.3 is 0 Å². The van der Waals surface area contributed by atoms with Crippen LogP contribution in [-0.4, -0.2) is 6.15 Å². The van der Waals surface area contributed by atoms with Crippen LogP contribution in [0.2, 0.25) is 0 Å². The Kier molecular flexibility index (Phi) is 12.2. The summed E-state index contributed by atoms with van der Waals surface area (Å²) in [6, 6.07) is 7.72. The predicted octanol–water partition coefficient (Wildman–Crippen LogP) is 8.49. The van der Waals surface area contributed by atoms with E-state index in [1.807, 2.05) is 41.4 Å². The van der Waals surface area contributed by atoms with E-state index >= 15 is 35.1 Å². The summed E-state index contributed by atoms with van der Waals surface area (Å²) in [6.07, 6.45) is -5.35. The molecule has 0 aliphatic rings. The Hall–Kier alpha value is -5.33. The van der Waals surface area contributed by atoms with Gasteiger partial charge in [-0.05, 0) is 24.3 Å². The lowest BCUT2D eigenvalue weighted by atomic mass is 9.12. The Morgan fingerprint density at radius 2 is 0.621 bits per heavy atom. The topological polar surface area (TPSA) is 13.1 Å². The third-order valence-corrected chi connectivity index (χ3v) is 9.32. The van der Waals surface area contributed by atoms with E-state index < -0.39 is 144 Å². The van der Waals surface area contributed by atoms with Gasteiger partial charge in [-0.3, -0.25) is 0 Å². The van der Waals surface area contributed by atoms with Gasteiger partial charge in [0, 0.05) is 9.20 Å². The SMILES string of the molecule is Brc1ccc(O[n+]2ccsc2)cc1.Fc1c(F)c(F)c([B-](c2c(F)c(F)c(F)c(F)c2F)(c2c(F)c(F)c(F)c(F)c2F)c2c(F)c(F)c(F)c(F)c2F)c(F)c1F. The molecule has 0 saturated heterocycles. The summed E-state index contributed by atoms with van der Waals surface area (Å²) in [4.78, 5) is 5.48. The first-order valence-electron chi connectivity index (χ1n) is 14.7. The van der Waals surface area contributed by atoms with Crippen LogP contribution >= 0.6 is 27.3 Å². The van der Waals surface area contributed by atoms with E-state index in [-0.39, 0.29) is 0 Å². The first-order chi connectivity index (χ1) is 27.0. The van der Waals surface area contributed by atoms with Crippen molar-refractivity contribution in [2.45, 2.75) is 0 Å². The van der Waals surface area contributed by atoms with Gasteiger partial charge in [0.15, 0.2) is 69.8 Å². The molecule has 0 radical (unpaired) electrons. The third-order valence-electron chi connectivity index (χ3n) is 8.18. The summed E-state index contributed by atoms with van der Waals surface area (Å²) < 4.78 is 297. The van der Waals surface area contributed by atoms with E-state index in [1.54, 1.807) is 16.1 Å². The van der Waals surface area contributed by atoms with Crippen LogP contribution in [0.3, 0.4) is 0 Å².